The number of hydrogen-bond donors (Lipinski definition) is 1. The minimum Gasteiger partial charge on any atom is -0.495 e. The summed E-state index contributed by atoms with van der Waals surface area (Å²) in [7, 11) is 1.60. The van der Waals surface area contributed by atoms with Crippen LogP contribution in [-0.2, 0) is 17.6 Å². The fourth-order valence-electron chi connectivity index (χ4n) is 2.31. The van der Waals surface area contributed by atoms with Gasteiger partial charge in [-0.25, -0.2) is 0 Å². The first-order chi connectivity index (χ1) is 10.2. The van der Waals surface area contributed by atoms with Crippen molar-refractivity contribution < 1.29 is 9.53 Å². The molecular formula is C18H21NO2. The first kappa shape index (κ1) is 15.1. The van der Waals surface area contributed by atoms with Crippen LogP contribution in [0.5, 0.6) is 5.75 Å². The zero-order valence-corrected chi connectivity index (χ0v) is 12.3. The van der Waals surface area contributed by atoms with E-state index in [2.05, 4.69) is 0 Å². The number of rotatable bonds is 7. The molecule has 2 N–H and O–H groups in total. The molecule has 0 saturated heterocycles. The highest BCUT2D eigenvalue weighted by Crippen LogP contribution is 2.25. The molecule has 0 amide bonds. The molecule has 0 spiro atoms. The van der Waals surface area contributed by atoms with E-state index in [-0.39, 0.29) is 5.78 Å². The molecule has 0 radical (unpaired) electrons. The number of nitrogen functional groups attached to an aromatic ring is 1. The average molecular weight is 283 g/mol. The second-order valence-electron chi connectivity index (χ2n) is 5.06. The van der Waals surface area contributed by atoms with Gasteiger partial charge in [-0.1, -0.05) is 42.5 Å². The Morgan fingerprint density at radius 3 is 2.43 bits per heavy atom. The molecule has 0 bridgehead atoms. The van der Waals surface area contributed by atoms with Crippen molar-refractivity contribution in [3.05, 3.63) is 59.7 Å². The number of nitrogens with two attached hydrogens (primary N) is 1. The molecule has 0 saturated carbocycles. The van der Waals surface area contributed by atoms with Crippen LogP contribution >= 0.6 is 0 Å². The summed E-state index contributed by atoms with van der Waals surface area (Å²) in [5.74, 6) is 0.935. The van der Waals surface area contributed by atoms with Gasteiger partial charge in [-0.15, -0.1) is 0 Å². The topological polar surface area (TPSA) is 52.3 Å². The van der Waals surface area contributed by atoms with E-state index >= 15 is 0 Å². The van der Waals surface area contributed by atoms with E-state index < -0.39 is 0 Å². The second-order valence-corrected chi connectivity index (χ2v) is 5.06. The van der Waals surface area contributed by atoms with Gasteiger partial charge in [0.05, 0.1) is 12.8 Å². The fraction of sp³-hybridized carbons (Fsp3) is 0.278. The van der Waals surface area contributed by atoms with Gasteiger partial charge < -0.3 is 10.5 Å². The largest absolute Gasteiger partial charge is 0.495 e. The first-order valence-corrected chi connectivity index (χ1v) is 7.17. The Labute approximate surface area is 125 Å². The number of hydrogen-bond acceptors (Lipinski definition) is 3. The van der Waals surface area contributed by atoms with Gasteiger partial charge in [-0.2, -0.15) is 0 Å². The third-order valence-corrected chi connectivity index (χ3v) is 3.58. The van der Waals surface area contributed by atoms with Crippen LogP contribution in [0.3, 0.4) is 0 Å². The minimum absolute atomic E-state index is 0.265. The number of Topliss-reactive ketones (excluding diaryl/α,β-unsaturated/α-hetero) is 1. The van der Waals surface area contributed by atoms with Gasteiger partial charge in [-0.3, -0.25) is 4.79 Å². The minimum atomic E-state index is 0.265. The Morgan fingerprint density at radius 2 is 1.71 bits per heavy atom. The number of ketones is 1. The lowest BCUT2D eigenvalue weighted by Crippen LogP contribution is -2.04. The quantitative estimate of drug-likeness (QED) is 0.792. The molecule has 0 aromatic heterocycles. The average Bonchev–Trinajstić information content (AvgIpc) is 2.53. The van der Waals surface area contributed by atoms with Gasteiger partial charge in [0.15, 0.2) is 0 Å². The van der Waals surface area contributed by atoms with Crippen molar-refractivity contribution in [1.82, 2.24) is 0 Å². The number of methoxy groups -OCH3 is 1. The van der Waals surface area contributed by atoms with Gasteiger partial charge in [-0.05, 0) is 30.0 Å². The highest BCUT2D eigenvalue weighted by Gasteiger charge is 2.08. The predicted octanol–water partition coefficient (Wildman–Crippen LogP) is 3.41. The van der Waals surface area contributed by atoms with E-state index in [4.69, 9.17) is 10.5 Å². The summed E-state index contributed by atoms with van der Waals surface area (Å²) in [6, 6.07) is 15.8. The van der Waals surface area contributed by atoms with Crippen molar-refractivity contribution in [2.45, 2.75) is 25.7 Å². The van der Waals surface area contributed by atoms with E-state index in [9.17, 15) is 4.79 Å². The van der Waals surface area contributed by atoms with Crippen molar-refractivity contribution >= 4 is 11.5 Å². The lowest BCUT2D eigenvalue weighted by molar-refractivity contribution is -0.119. The van der Waals surface area contributed by atoms with Crippen LogP contribution in [0.4, 0.5) is 5.69 Å². The molecule has 2 aromatic rings. The van der Waals surface area contributed by atoms with Crippen LogP contribution in [0.1, 0.15) is 24.0 Å². The Hall–Kier alpha value is -2.29. The van der Waals surface area contributed by atoms with Crippen LogP contribution in [0.25, 0.3) is 0 Å². The van der Waals surface area contributed by atoms with Crippen LogP contribution in [0.15, 0.2) is 48.5 Å². The highest BCUT2D eigenvalue weighted by molar-refractivity contribution is 5.79. The second kappa shape index (κ2) is 7.48. The van der Waals surface area contributed by atoms with Crippen molar-refractivity contribution in [2.75, 3.05) is 12.8 Å². The number of benzene rings is 2. The number of anilines is 1. The van der Waals surface area contributed by atoms with E-state index in [1.54, 1.807) is 7.11 Å². The molecule has 0 heterocycles. The first-order valence-electron chi connectivity index (χ1n) is 7.17. The molecule has 0 unspecified atom stereocenters. The molecule has 3 heteroatoms. The van der Waals surface area contributed by atoms with Crippen molar-refractivity contribution in [3.8, 4) is 5.75 Å². The summed E-state index contributed by atoms with van der Waals surface area (Å²) in [5.41, 5.74) is 8.82. The number of ether oxygens (including phenoxy) is 1. The Balaban J connectivity index is 1.84. The van der Waals surface area contributed by atoms with E-state index in [1.807, 2.05) is 48.5 Å². The molecule has 21 heavy (non-hydrogen) atoms. The molecule has 0 aliphatic rings. The van der Waals surface area contributed by atoms with Gasteiger partial charge in [0.1, 0.15) is 11.5 Å². The van der Waals surface area contributed by atoms with Crippen molar-refractivity contribution in [1.29, 1.82) is 0 Å². The summed E-state index contributed by atoms with van der Waals surface area (Å²) < 4.78 is 5.19. The van der Waals surface area contributed by atoms with E-state index in [0.29, 0.717) is 30.7 Å². The van der Waals surface area contributed by atoms with Gasteiger partial charge >= 0.3 is 0 Å². The number of carbonyl (C=O) groups excluding carboxylic acids is 1. The standard InChI is InChI=1S/C18H21NO2/c1-21-17-9-5-8-15(18(17)19)11-13-16(20)12-10-14-6-3-2-4-7-14/h2-9H,10-13,19H2,1H3. The predicted molar refractivity (Wildman–Crippen MR) is 85.5 cm³/mol. The molecule has 110 valence electrons. The summed E-state index contributed by atoms with van der Waals surface area (Å²) in [6.07, 6.45) is 2.56. The molecule has 0 fully saturated rings. The van der Waals surface area contributed by atoms with Gasteiger partial charge in [0, 0.05) is 12.8 Å². The summed E-state index contributed by atoms with van der Waals surface area (Å²) >= 11 is 0. The maximum atomic E-state index is 12.0. The molecule has 2 rings (SSSR count). The Morgan fingerprint density at radius 1 is 1.00 bits per heavy atom. The smallest absolute Gasteiger partial charge is 0.142 e. The molecule has 0 aliphatic heterocycles. The van der Waals surface area contributed by atoms with Crippen LogP contribution in [-0.4, -0.2) is 12.9 Å². The summed E-state index contributed by atoms with van der Waals surface area (Å²) in [6.45, 7) is 0. The highest BCUT2D eigenvalue weighted by atomic mass is 16.5. The maximum Gasteiger partial charge on any atom is 0.142 e. The Kier molecular flexibility index (Phi) is 5.38. The third-order valence-electron chi connectivity index (χ3n) is 3.58. The third kappa shape index (κ3) is 4.35. The van der Waals surface area contributed by atoms with Crippen molar-refractivity contribution in [2.24, 2.45) is 0 Å². The van der Waals surface area contributed by atoms with Crippen LogP contribution < -0.4 is 10.5 Å². The van der Waals surface area contributed by atoms with Crippen LogP contribution in [0, 0.1) is 0 Å². The number of para-hydroxylation sites is 1. The van der Waals surface area contributed by atoms with Gasteiger partial charge in [0.25, 0.3) is 0 Å². The molecule has 0 atom stereocenters. The van der Waals surface area contributed by atoms with Gasteiger partial charge in [0.2, 0.25) is 0 Å². The lowest BCUT2D eigenvalue weighted by Gasteiger charge is -2.09. The summed E-state index contributed by atoms with van der Waals surface area (Å²) in [4.78, 5) is 12.0. The van der Waals surface area contributed by atoms with E-state index in [0.717, 1.165) is 12.0 Å². The zero-order chi connectivity index (χ0) is 15.1. The summed E-state index contributed by atoms with van der Waals surface area (Å²) in [5, 5.41) is 0. The number of aryl methyl sites for hydroxylation is 2. The fourth-order valence-corrected chi connectivity index (χ4v) is 2.31. The zero-order valence-electron chi connectivity index (χ0n) is 12.3. The Bertz CT molecular complexity index is 593. The normalized spacial score (nSPS) is 10.3. The SMILES string of the molecule is COc1cccc(CCC(=O)CCc2ccccc2)c1N. The molecule has 2 aromatic carbocycles. The molecule has 3 nitrogen and oxygen atoms in total. The lowest BCUT2D eigenvalue weighted by atomic mass is 10.0. The number of carbonyl (C=O) groups is 1. The van der Waals surface area contributed by atoms with Crippen molar-refractivity contribution in [3.63, 3.8) is 0 Å². The molecule has 0 aliphatic carbocycles. The van der Waals surface area contributed by atoms with Crippen LogP contribution in [0.2, 0.25) is 0 Å². The monoisotopic (exact) mass is 283 g/mol. The van der Waals surface area contributed by atoms with E-state index in [1.165, 1.54) is 5.56 Å². The molecular weight excluding hydrogens is 262 g/mol. The maximum absolute atomic E-state index is 12.0.